The van der Waals surface area contributed by atoms with Gasteiger partial charge in [-0.25, -0.2) is 4.98 Å². The van der Waals surface area contributed by atoms with E-state index in [1.807, 2.05) is 25.1 Å². The van der Waals surface area contributed by atoms with Gasteiger partial charge in [0, 0.05) is 11.9 Å². The number of hydrogen-bond acceptors (Lipinski definition) is 9. The van der Waals surface area contributed by atoms with Gasteiger partial charge in [-0.15, -0.1) is 20.4 Å². The molecule has 3 heterocycles. The fourth-order valence-corrected chi connectivity index (χ4v) is 5.60. The smallest absolute Gasteiger partial charge is 0.239 e. The second kappa shape index (κ2) is 9.27. The highest BCUT2D eigenvalue weighted by Gasteiger charge is 2.22. The third-order valence-corrected chi connectivity index (χ3v) is 7.56. The molecule has 0 saturated heterocycles. The van der Waals surface area contributed by atoms with Gasteiger partial charge in [-0.3, -0.25) is 10.1 Å². The molecule has 156 valence electrons. The number of aromatic nitrogens is 6. The third-order valence-electron chi connectivity index (χ3n) is 4.49. The molecule has 1 amide bonds. The van der Waals surface area contributed by atoms with Crippen LogP contribution in [0.4, 0.5) is 5.13 Å². The molecule has 8 nitrogen and oxygen atoms in total. The molecule has 0 aliphatic heterocycles. The average Bonchev–Trinajstić information content (AvgIpc) is 3.33. The van der Waals surface area contributed by atoms with Crippen molar-refractivity contribution in [3.05, 3.63) is 24.3 Å². The summed E-state index contributed by atoms with van der Waals surface area (Å²) in [6, 6.07) is 8.08. The molecule has 0 spiro atoms. The largest absolute Gasteiger partial charge is 0.324 e. The van der Waals surface area contributed by atoms with Crippen molar-refractivity contribution in [2.24, 2.45) is 0 Å². The second-order valence-corrected chi connectivity index (χ2v) is 10.00. The lowest BCUT2D eigenvalue weighted by Crippen LogP contribution is -2.24. The van der Waals surface area contributed by atoms with Crippen LogP contribution in [0.25, 0.3) is 22.1 Å². The fourth-order valence-electron chi connectivity index (χ4n) is 3.14. The summed E-state index contributed by atoms with van der Waals surface area (Å²) in [6.45, 7) is 6.87. The number of aryl methyl sites for hydroxylation is 1. The van der Waals surface area contributed by atoms with Crippen LogP contribution in [-0.4, -0.2) is 46.9 Å². The van der Waals surface area contributed by atoms with Crippen molar-refractivity contribution in [3.8, 4) is 0 Å². The van der Waals surface area contributed by atoms with Crippen molar-refractivity contribution in [2.75, 3.05) is 11.1 Å². The first-order valence-corrected chi connectivity index (χ1v) is 12.4. The molecule has 0 aliphatic carbocycles. The van der Waals surface area contributed by atoms with Crippen molar-refractivity contribution in [2.45, 2.75) is 48.5 Å². The summed E-state index contributed by atoms with van der Waals surface area (Å²) in [5.74, 6) is 0.781. The predicted octanol–water partition coefficient (Wildman–Crippen LogP) is 4.47. The summed E-state index contributed by atoms with van der Waals surface area (Å²) >= 11 is 4.30. The van der Waals surface area contributed by atoms with Crippen LogP contribution in [0.3, 0.4) is 0 Å². The molecule has 3 aromatic heterocycles. The Labute approximate surface area is 186 Å². The quantitative estimate of drug-likeness (QED) is 0.304. The molecule has 0 aliphatic rings. The number of thioether (sulfide) groups is 2. The minimum atomic E-state index is -0.352. The highest BCUT2D eigenvalue weighted by molar-refractivity contribution is 8.01. The summed E-state index contributed by atoms with van der Waals surface area (Å²) in [6.07, 6.45) is 0.629. The number of rotatable bonds is 8. The molecule has 4 aromatic rings. The minimum absolute atomic E-state index is 0.133. The van der Waals surface area contributed by atoms with Crippen molar-refractivity contribution >= 4 is 68.0 Å². The molecule has 1 atom stereocenters. The van der Waals surface area contributed by atoms with Gasteiger partial charge in [0.25, 0.3) is 0 Å². The molecule has 0 fully saturated rings. The van der Waals surface area contributed by atoms with Crippen LogP contribution >= 0.6 is 34.9 Å². The molecule has 30 heavy (non-hydrogen) atoms. The number of nitrogens with zero attached hydrogens (tertiary/aromatic N) is 6. The van der Waals surface area contributed by atoms with E-state index >= 15 is 0 Å². The summed E-state index contributed by atoms with van der Waals surface area (Å²) in [5, 5.41) is 21.4. The number of benzene rings is 1. The van der Waals surface area contributed by atoms with Crippen molar-refractivity contribution in [1.82, 2.24) is 29.9 Å². The zero-order chi connectivity index (χ0) is 21.1. The van der Waals surface area contributed by atoms with Gasteiger partial charge >= 0.3 is 0 Å². The second-order valence-electron chi connectivity index (χ2n) is 6.34. The Morgan fingerprint density at radius 1 is 1.17 bits per heavy atom. The molecule has 11 heteroatoms. The summed E-state index contributed by atoms with van der Waals surface area (Å²) in [7, 11) is 0. The first kappa shape index (κ1) is 21.0. The van der Waals surface area contributed by atoms with Gasteiger partial charge < -0.3 is 4.57 Å². The van der Waals surface area contributed by atoms with Crippen LogP contribution in [0.15, 0.2) is 33.8 Å². The van der Waals surface area contributed by atoms with E-state index in [1.165, 1.54) is 23.1 Å². The molecule has 1 unspecified atom stereocenters. The monoisotopic (exact) mass is 459 g/mol. The van der Waals surface area contributed by atoms with Crippen LogP contribution in [0.2, 0.25) is 0 Å². The number of anilines is 1. The van der Waals surface area contributed by atoms with Crippen molar-refractivity contribution in [3.63, 3.8) is 0 Å². The van der Waals surface area contributed by atoms with E-state index < -0.39 is 0 Å². The maximum Gasteiger partial charge on any atom is 0.239 e. The molecule has 0 saturated carbocycles. The van der Waals surface area contributed by atoms with Gasteiger partial charge in [-0.05, 0) is 25.2 Å². The number of nitrogens with one attached hydrogen (secondary N) is 1. The predicted molar refractivity (Wildman–Crippen MR) is 123 cm³/mol. The van der Waals surface area contributed by atoms with Gasteiger partial charge in [-0.1, -0.05) is 66.9 Å². The van der Waals surface area contributed by atoms with E-state index in [2.05, 4.69) is 50.2 Å². The Morgan fingerprint density at radius 2 is 2.00 bits per heavy atom. The first-order chi connectivity index (χ1) is 14.6. The lowest BCUT2D eigenvalue weighted by atomic mass is 10.2. The minimum Gasteiger partial charge on any atom is -0.324 e. The van der Waals surface area contributed by atoms with Crippen molar-refractivity contribution < 1.29 is 4.79 Å². The number of fused-ring (bicyclic) bond motifs is 3. The molecular weight excluding hydrogens is 438 g/mol. The van der Waals surface area contributed by atoms with Crippen molar-refractivity contribution in [1.29, 1.82) is 0 Å². The van der Waals surface area contributed by atoms with E-state index in [4.69, 9.17) is 4.98 Å². The number of hydrogen-bond donors (Lipinski definition) is 1. The molecule has 4 rings (SSSR count). The number of carbonyl (C=O) groups is 1. The number of para-hydroxylation sites is 1. The van der Waals surface area contributed by atoms with Gasteiger partial charge in [0.2, 0.25) is 16.2 Å². The first-order valence-electron chi connectivity index (χ1n) is 9.70. The zero-order valence-corrected chi connectivity index (χ0v) is 19.3. The summed E-state index contributed by atoms with van der Waals surface area (Å²) < 4.78 is 2.97. The number of carbonyl (C=O) groups excluding carboxylic acids is 1. The van der Waals surface area contributed by atoms with Gasteiger partial charge in [-0.2, -0.15) is 0 Å². The van der Waals surface area contributed by atoms with Crippen LogP contribution in [-0.2, 0) is 11.3 Å². The van der Waals surface area contributed by atoms with Gasteiger partial charge in [0.05, 0.1) is 10.8 Å². The summed E-state index contributed by atoms with van der Waals surface area (Å²) in [5.41, 5.74) is 2.65. The van der Waals surface area contributed by atoms with Crippen LogP contribution < -0.4 is 5.32 Å². The van der Waals surface area contributed by atoms with E-state index in [-0.39, 0.29) is 11.2 Å². The SMILES string of the molecule is CCSc1nnc(NC(=O)C(CC)Sc2nnc3c4ccccc4n(CC)c3n2)s1. The van der Waals surface area contributed by atoms with E-state index in [1.54, 1.807) is 11.8 Å². The van der Waals surface area contributed by atoms with E-state index in [0.717, 1.165) is 38.7 Å². The zero-order valence-electron chi connectivity index (χ0n) is 16.8. The molecule has 0 radical (unpaired) electrons. The van der Waals surface area contributed by atoms with Gasteiger partial charge in [0.15, 0.2) is 9.99 Å². The Balaban J connectivity index is 1.56. The maximum atomic E-state index is 12.8. The molecular formula is C19H21N7OS3. The Morgan fingerprint density at radius 3 is 2.77 bits per heavy atom. The Hall–Kier alpha value is -2.24. The maximum absolute atomic E-state index is 12.8. The van der Waals surface area contributed by atoms with Gasteiger partial charge in [0.1, 0.15) is 5.52 Å². The highest BCUT2D eigenvalue weighted by Crippen LogP contribution is 2.30. The Kier molecular flexibility index (Phi) is 6.49. The molecule has 0 bridgehead atoms. The lowest BCUT2D eigenvalue weighted by Gasteiger charge is -2.12. The third kappa shape index (κ3) is 4.14. The summed E-state index contributed by atoms with van der Waals surface area (Å²) in [4.78, 5) is 17.5. The van der Waals surface area contributed by atoms with Crippen LogP contribution in [0.5, 0.6) is 0 Å². The van der Waals surface area contributed by atoms with E-state index in [9.17, 15) is 4.79 Å². The standard InChI is InChI=1S/C19H21N7OS3/c1-4-13(16(27)21-18-24-25-19(30-18)28-6-3)29-17-20-15-14(22-23-17)11-9-7-8-10-12(11)26(15)5-2/h7-10,13H,4-6H2,1-3H3,(H,21,24,27). The highest BCUT2D eigenvalue weighted by atomic mass is 32.2. The topological polar surface area (TPSA) is 98.5 Å². The average molecular weight is 460 g/mol. The van der Waals surface area contributed by atoms with Crippen LogP contribution in [0, 0.1) is 0 Å². The lowest BCUT2D eigenvalue weighted by molar-refractivity contribution is -0.115. The van der Waals surface area contributed by atoms with Crippen LogP contribution in [0.1, 0.15) is 27.2 Å². The fraction of sp³-hybridized carbons (Fsp3) is 0.368. The number of amides is 1. The Bertz CT molecular complexity index is 1190. The molecule has 1 N–H and O–H groups in total. The molecule has 1 aromatic carbocycles. The normalized spacial score (nSPS) is 12.5. The van der Waals surface area contributed by atoms with E-state index in [0.29, 0.717) is 16.7 Å².